The van der Waals surface area contributed by atoms with E-state index in [-0.39, 0.29) is 11.9 Å². The van der Waals surface area contributed by atoms with Gasteiger partial charge in [-0.2, -0.15) is 0 Å². The summed E-state index contributed by atoms with van der Waals surface area (Å²) in [7, 11) is 0. The first-order chi connectivity index (χ1) is 13.7. The monoisotopic (exact) mass is 425 g/mol. The minimum atomic E-state index is -0.0220. The van der Waals surface area contributed by atoms with Crippen molar-refractivity contribution in [3.63, 3.8) is 0 Å². The van der Waals surface area contributed by atoms with Crippen molar-refractivity contribution in [2.24, 2.45) is 0 Å². The average Bonchev–Trinajstić information content (AvgIpc) is 3.45. The van der Waals surface area contributed by atoms with Crippen LogP contribution in [0.15, 0.2) is 53.9 Å². The van der Waals surface area contributed by atoms with Crippen molar-refractivity contribution >= 4 is 50.4 Å². The molecule has 7 heteroatoms. The SMILES string of the molecule is O=C(c1csc(-c2cccc(Cl)c2)n1)N1CCCC1c1nc2ccccc2s1. The van der Waals surface area contributed by atoms with Crippen molar-refractivity contribution in [2.45, 2.75) is 18.9 Å². The number of para-hydroxylation sites is 1. The van der Waals surface area contributed by atoms with E-state index < -0.39 is 0 Å². The molecule has 1 atom stereocenters. The molecule has 140 valence electrons. The summed E-state index contributed by atoms with van der Waals surface area (Å²) >= 11 is 9.23. The number of benzene rings is 2. The van der Waals surface area contributed by atoms with Gasteiger partial charge in [0.15, 0.2) is 0 Å². The van der Waals surface area contributed by atoms with Gasteiger partial charge in [-0.1, -0.05) is 35.9 Å². The van der Waals surface area contributed by atoms with E-state index in [0.717, 1.165) is 45.2 Å². The van der Waals surface area contributed by atoms with E-state index in [2.05, 4.69) is 11.1 Å². The fourth-order valence-electron chi connectivity index (χ4n) is 3.57. The minimum Gasteiger partial charge on any atom is -0.328 e. The summed E-state index contributed by atoms with van der Waals surface area (Å²) < 4.78 is 1.16. The van der Waals surface area contributed by atoms with Gasteiger partial charge in [-0.15, -0.1) is 22.7 Å². The van der Waals surface area contributed by atoms with E-state index in [1.807, 2.05) is 52.7 Å². The molecule has 2 aromatic carbocycles. The predicted octanol–water partition coefficient (Wildman–Crippen LogP) is 6.05. The smallest absolute Gasteiger partial charge is 0.273 e. The van der Waals surface area contributed by atoms with Gasteiger partial charge in [0.25, 0.3) is 5.91 Å². The number of carbonyl (C=O) groups excluding carboxylic acids is 1. The lowest BCUT2D eigenvalue weighted by molar-refractivity contribution is 0.0730. The van der Waals surface area contributed by atoms with E-state index in [0.29, 0.717) is 10.7 Å². The number of thiazole rings is 2. The van der Waals surface area contributed by atoms with Gasteiger partial charge in [0, 0.05) is 22.5 Å². The van der Waals surface area contributed by atoms with Gasteiger partial charge in [0.1, 0.15) is 15.7 Å². The van der Waals surface area contributed by atoms with Crippen molar-refractivity contribution < 1.29 is 4.79 Å². The number of nitrogens with zero attached hydrogens (tertiary/aromatic N) is 3. The number of carbonyl (C=O) groups is 1. The molecule has 28 heavy (non-hydrogen) atoms. The second-order valence-electron chi connectivity index (χ2n) is 6.72. The maximum Gasteiger partial charge on any atom is 0.273 e. The van der Waals surface area contributed by atoms with Crippen LogP contribution in [0.1, 0.15) is 34.4 Å². The molecule has 0 N–H and O–H groups in total. The second kappa shape index (κ2) is 7.28. The van der Waals surface area contributed by atoms with Crippen LogP contribution in [-0.4, -0.2) is 27.3 Å². The van der Waals surface area contributed by atoms with Crippen LogP contribution >= 0.6 is 34.3 Å². The van der Waals surface area contributed by atoms with Crippen molar-refractivity contribution in [3.8, 4) is 10.6 Å². The molecule has 3 heterocycles. The number of hydrogen-bond acceptors (Lipinski definition) is 5. The Bertz CT molecular complexity index is 1140. The zero-order valence-corrected chi connectivity index (χ0v) is 17.2. The van der Waals surface area contributed by atoms with Crippen molar-refractivity contribution in [1.29, 1.82) is 0 Å². The highest BCUT2D eigenvalue weighted by Crippen LogP contribution is 2.37. The molecule has 1 amide bonds. The molecular formula is C21H16ClN3OS2. The van der Waals surface area contributed by atoms with Crippen molar-refractivity contribution in [1.82, 2.24) is 14.9 Å². The van der Waals surface area contributed by atoms with Gasteiger partial charge < -0.3 is 4.90 Å². The van der Waals surface area contributed by atoms with Crippen LogP contribution in [0.3, 0.4) is 0 Å². The van der Waals surface area contributed by atoms with Gasteiger partial charge >= 0.3 is 0 Å². The largest absolute Gasteiger partial charge is 0.328 e. The van der Waals surface area contributed by atoms with Crippen LogP contribution in [0.5, 0.6) is 0 Å². The average molecular weight is 426 g/mol. The van der Waals surface area contributed by atoms with Gasteiger partial charge in [-0.25, -0.2) is 9.97 Å². The fourth-order valence-corrected chi connectivity index (χ4v) is 5.67. The standard InChI is InChI=1S/C21H16ClN3OS2/c22-14-6-3-5-13(11-14)19-24-16(12-27-19)21(26)25-10-4-8-17(25)20-23-15-7-1-2-9-18(15)28-20/h1-3,5-7,9,11-12,17H,4,8,10H2. The highest BCUT2D eigenvalue weighted by atomic mass is 35.5. The number of rotatable bonds is 3. The number of likely N-dealkylation sites (tertiary alicyclic amines) is 1. The molecule has 1 aliphatic rings. The molecule has 2 aromatic heterocycles. The normalized spacial score (nSPS) is 16.8. The summed E-state index contributed by atoms with van der Waals surface area (Å²) in [4.78, 5) is 24.5. The van der Waals surface area contributed by atoms with Crippen LogP contribution in [0, 0.1) is 0 Å². The lowest BCUT2D eigenvalue weighted by Crippen LogP contribution is -2.30. The zero-order valence-electron chi connectivity index (χ0n) is 14.8. The fraction of sp³-hybridized carbons (Fsp3) is 0.190. The third-order valence-corrected chi connectivity index (χ3v) is 7.17. The first kappa shape index (κ1) is 17.8. The summed E-state index contributed by atoms with van der Waals surface area (Å²) in [6.45, 7) is 0.740. The molecule has 1 unspecified atom stereocenters. The third kappa shape index (κ3) is 3.21. The molecule has 5 rings (SSSR count). The molecule has 0 spiro atoms. The minimum absolute atomic E-state index is 0.0220. The highest BCUT2D eigenvalue weighted by molar-refractivity contribution is 7.18. The van der Waals surface area contributed by atoms with Gasteiger partial charge in [-0.05, 0) is 37.1 Å². The highest BCUT2D eigenvalue weighted by Gasteiger charge is 2.33. The molecular weight excluding hydrogens is 410 g/mol. The Kier molecular flexibility index (Phi) is 4.62. The molecule has 4 aromatic rings. The lowest BCUT2D eigenvalue weighted by Gasteiger charge is -2.22. The number of hydrogen-bond donors (Lipinski definition) is 0. The molecule has 0 aliphatic carbocycles. The summed E-state index contributed by atoms with van der Waals surface area (Å²) in [6.07, 6.45) is 1.93. The molecule has 1 saturated heterocycles. The van der Waals surface area contributed by atoms with E-state index in [4.69, 9.17) is 16.6 Å². The second-order valence-corrected chi connectivity index (χ2v) is 9.08. The van der Waals surface area contributed by atoms with Crippen LogP contribution in [0.4, 0.5) is 0 Å². The summed E-state index contributed by atoms with van der Waals surface area (Å²) in [5, 5.41) is 4.32. The van der Waals surface area contributed by atoms with E-state index in [1.165, 1.54) is 11.3 Å². The maximum absolute atomic E-state index is 13.2. The summed E-state index contributed by atoms with van der Waals surface area (Å²) in [5.41, 5.74) is 2.42. The molecule has 0 saturated carbocycles. The Hall–Kier alpha value is -2.28. The Morgan fingerprint density at radius 3 is 2.89 bits per heavy atom. The van der Waals surface area contributed by atoms with Crippen molar-refractivity contribution in [2.75, 3.05) is 6.54 Å². The topological polar surface area (TPSA) is 46.1 Å². The lowest BCUT2D eigenvalue weighted by atomic mass is 10.2. The van der Waals surface area contributed by atoms with E-state index in [9.17, 15) is 4.79 Å². The Morgan fingerprint density at radius 1 is 1.14 bits per heavy atom. The predicted molar refractivity (Wildman–Crippen MR) is 115 cm³/mol. The first-order valence-corrected chi connectivity index (χ1v) is 11.1. The number of aromatic nitrogens is 2. The summed E-state index contributed by atoms with van der Waals surface area (Å²) in [6, 6.07) is 15.7. The molecule has 1 aliphatic heterocycles. The Labute approximate surface area is 175 Å². The molecule has 4 nitrogen and oxygen atoms in total. The summed E-state index contributed by atoms with van der Waals surface area (Å²) in [5.74, 6) is -0.0220. The molecule has 1 fully saturated rings. The Balaban J connectivity index is 1.43. The van der Waals surface area contributed by atoms with Crippen LogP contribution < -0.4 is 0 Å². The molecule has 0 bridgehead atoms. The number of amides is 1. The third-order valence-electron chi connectivity index (χ3n) is 4.90. The van der Waals surface area contributed by atoms with Crippen LogP contribution in [-0.2, 0) is 0 Å². The van der Waals surface area contributed by atoms with Crippen molar-refractivity contribution in [3.05, 3.63) is 69.6 Å². The Morgan fingerprint density at radius 2 is 2.04 bits per heavy atom. The van der Waals surface area contributed by atoms with Gasteiger partial charge in [0.05, 0.1) is 16.3 Å². The van der Waals surface area contributed by atoms with E-state index in [1.54, 1.807) is 11.3 Å². The van der Waals surface area contributed by atoms with E-state index >= 15 is 0 Å². The zero-order chi connectivity index (χ0) is 19.1. The maximum atomic E-state index is 13.2. The number of fused-ring (bicyclic) bond motifs is 1. The first-order valence-electron chi connectivity index (χ1n) is 9.07. The van der Waals surface area contributed by atoms with Crippen LogP contribution in [0.25, 0.3) is 20.8 Å². The van der Waals surface area contributed by atoms with Gasteiger partial charge in [-0.3, -0.25) is 4.79 Å². The quantitative estimate of drug-likeness (QED) is 0.401. The van der Waals surface area contributed by atoms with Crippen LogP contribution in [0.2, 0.25) is 5.02 Å². The van der Waals surface area contributed by atoms with Gasteiger partial charge in [0.2, 0.25) is 0 Å². The molecule has 0 radical (unpaired) electrons. The number of halogens is 1.